The average molecular weight is 186 g/mol. The fraction of sp³-hybridized carbons (Fsp3) is 1.00. The van der Waals surface area contributed by atoms with Crippen LogP contribution >= 0.6 is 0 Å². The second kappa shape index (κ2) is 3.99. The zero-order chi connectivity index (χ0) is 10.1. The van der Waals surface area contributed by atoms with Gasteiger partial charge in [-0.3, -0.25) is 0 Å². The van der Waals surface area contributed by atoms with Crippen LogP contribution in [0.3, 0.4) is 0 Å². The fourth-order valence-corrected chi connectivity index (χ4v) is 1.05. The third kappa shape index (κ3) is 2.97. The van der Waals surface area contributed by atoms with E-state index in [4.69, 9.17) is 14.0 Å². The molecule has 76 valence electrons. The van der Waals surface area contributed by atoms with Gasteiger partial charge in [0.05, 0.1) is 11.7 Å². The summed E-state index contributed by atoms with van der Waals surface area (Å²) in [5, 5.41) is 0. The van der Waals surface area contributed by atoms with Crippen molar-refractivity contribution < 1.29 is 14.0 Å². The molecule has 1 rings (SSSR count). The molecular formula is C9H19BO3. The molecule has 1 fully saturated rings. The van der Waals surface area contributed by atoms with Crippen LogP contribution in [0.2, 0.25) is 0 Å². The minimum atomic E-state index is -0.479. The van der Waals surface area contributed by atoms with Gasteiger partial charge in [-0.2, -0.15) is 0 Å². The lowest BCUT2D eigenvalue weighted by atomic mass is 10.0. The summed E-state index contributed by atoms with van der Waals surface area (Å²) >= 11 is 0. The van der Waals surface area contributed by atoms with Gasteiger partial charge in [0.2, 0.25) is 0 Å². The molecule has 0 amide bonds. The van der Waals surface area contributed by atoms with Crippen LogP contribution in [0.5, 0.6) is 0 Å². The maximum absolute atomic E-state index is 5.57. The Labute approximate surface area is 80.9 Å². The van der Waals surface area contributed by atoms with Gasteiger partial charge in [0.25, 0.3) is 0 Å². The van der Waals surface area contributed by atoms with Crippen LogP contribution in [-0.2, 0) is 14.0 Å². The lowest BCUT2D eigenvalue weighted by Crippen LogP contribution is -2.30. The Morgan fingerprint density at radius 2 is 2.08 bits per heavy atom. The van der Waals surface area contributed by atoms with E-state index in [9.17, 15) is 0 Å². The second-order valence-corrected chi connectivity index (χ2v) is 4.52. The maximum Gasteiger partial charge on any atom is 0.640 e. The predicted octanol–water partition coefficient (Wildman–Crippen LogP) is 1.86. The van der Waals surface area contributed by atoms with Crippen LogP contribution in [0, 0.1) is 5.92 Å². The predicted molar refractivity (Wildman–Crippen MR) is 52.3 cm³/mol. The normalized spacial score (nSPS) is 27.2. The summed E-state index contributed by atoms with van der Waals surface area (Å²) in [6.45, 7) is 10.9. The van der Waals surface area contributed by atoms with Crippen molar-refractivity contribution in [2.45, 2.75) is 46.3 Å². The van der Waals surface area contributed by atoms with E-state index in [-0.39, 0.29) is 11.7 Å². The van der Waals surface area contributed by atoms with Crippen molar-refractivity contribution in [2.24, 2.45) is 5.92 Å². The van der Waals surface area contributed by atoms with Gasteiger partial charge in [-0.25, -0.2) is 0 Å². The Hall–Kier alpha value is -0.0551. The topological polar surface area (TPSA) is 27.7 Å². The third-order valence-electron chi connectivity index (χ3n) is 2.26. The van der Waals surface area contributed by atoms with E-state index < -0.39 is 7.32 Å². The molecule has 4 heteroatoms. The highest BCUT2D eigenvalue weighted by atomic mass is 16.8. The molecule has 0 aromatic rings. The first-order valence-corrected chi connectivity index (χ1v) is 4.86. The second-order valence-electron chi connectivity index (χ2n) is 4.52. The van der Waals surface area contributed by atoms with Crippen LogP contribution in [-0.4, -0.2) is 25.6 Å². The Kier molecular flexibility index (Phi) is 3.38. The summed E-state index contributed by atoms with van der Waals surface area (Å²) in [7, 11) is -0.479. The highest BCUT2D eigenvalue weighted by Crippen LogP contribution is 2.27. The lowest BCUT2D eigenvalue weighted by Gasteiger charge is -2.20. The molecule has 0 bridgehead atoms. The van der Waals surface area contributed by atoms with Crippen LogP contribution in [0.1, 0.15) is 34.6 Å². The number of hydrogen-bond acceptors (Lipinski definition) is 3. The highest BCUT2D eigenvalue weighted by molar-refractivity contribution is 6.37. The Morgan fingerprint density at radius 1 is 1.46 bits per heavy atom. The van der Waals surface area contributed by atoms with Crippen LogP contribution in [0.15, 0.2) is 0 Å². The van der Waals surface area contributed by atoms with Gasteiger partial charge < -0.3 is 14.0 Å². The Bertz CT molecular complexity index is 170. The first-order valence-electron chi connectivity index (χ1n) is 4.86. The van der Waals surface area contributed by atoms with Crippen LogP contribution < -0.4 is 0 Å². The monoisotopic (exact) mass is 186 g/mol. The Balaban J connectivity index is 2.32. The van der Waals surface area contributed by atoms with Gasteiger partial charge in [-0.05, 0) is 26.7 Å². The SMILES string of the molecule is CC(C)COB1OC(C)C(C)(C)O1. The van der Waals surface area contributed by atoms with Crippen molar-refractivity contribution in [3.63, 3.8) is 0 Å². The molecule has 13 heavy (non-hydrogen) atoms. The molecule has 1 aliphatic rings. The van der Waals surface area contributed by atoms with E-state index in [1.54, 1.807) is 0 Å². The average Bonchev–Trinajstić information content (AvgIpc) is 2.22. The summed E-state index contributed by atoms with van der Waals surface area (Å²) in [6.07, 6.45) is 0.0877. The largest absolute Gasteiger partial charge is 0.640 e. The van der Waals surface area contributed by atoms with Gasteiger partial charge >= 0.3 is 7.32 Å². The fourth-order valence-electron chi connectivity index (χ4n) is 1.05. The van der Waals surface area contributed by atoms with Crippen molar-refractivity contribution in [2.75, 3.05) is 6.61 Å². The van der Waals surface area contributed by atoms with Crippen molar-refractivity contribution in [1.82, 2.24) is 0 Å². The first-order chi connectivity index (χ1) is 5.92. The maximum atomic E-state index is 5.57. The van der Waals surface area contributed by atoms with Gasteiger partial charge in [0.1, 0.15) is 0 Å². The Morgan fingerprint density at radius 3 is 2.46 bits per heavy atom. The van der Waals surface area contributed by atoms with Crippen LogP contribution in [0.25, 0.3) is 0 Å². The van der Waals surface area contributed by atoms with Gasteiger partial charge in [0, 0.05) is 6.61 Å². The van der Waals surface area contributed by atoms with Crippen molar-refractivity contribution in [3.8, 4) is 0 Å². The van der Waals surface area contributed by atoms with Crippen molar-refractivity contribution >= 4 is 7.32 Å². The van der Waals surface area contributed by atoms with E-state index in [1.165, 1.54) is 0 Å². The summed E-state index contributed by atoms with van der Waals surface area (Å²) in [6, 6.07) is 0. The molecule has 1 saturated heterocycles. The highest BCUT2D eigenvalue weighted by Gasteiger charge is 2.44. The molecule has 1 heterocycles. The molecule has 0 spiro atoms. The summed E-state index contributed by atoms with van der Waals surface area (Å²) in [4.78, 5) is 0. The summed E-state index contributed by atoms with van der Waals surface area (Å²) < 4.78 is 16.5. The smallest absolute Gasteiger partial charge is 0.386 e. The van der Waals surface area contributed by atoms with Gasteiger partial charge in [0.15, 0.2) is 0 Å². The third-order valence-corrected chi connectivity index (χ3v) is 2.26. The van der Waals surface area contributed by atoms with Gasteiger partial charge in [-0.1, -0.05) is 13.8 Å². The number of rotatable bonds is 3. The van der Waals surface area contributed by atoms with Crippen LogP contribution in [0.4, 0.5) is 0 Å². The standard InChI is InChI=1S/C9H19BO3/c1-7(2)6-11-10-12-8(3)9(4,5)13-10/h7-8H,6H2,1-5H3. The molecule has 0 aromatic heterocycles. The summed E-state index contributed by atoms with van der Waals surface area (Å²) in [5.74, 6) is 0.506. The molecule has 1 unspecified atom stereocenters. The quantitative estimate of drug-likeness (QED) is 0.629. The molecule has 0 aliphatic carbocycles. The lowest BCUT2D eigenvalue weighted by molar-refractivity contribution is 0.0772. The minimum Gasteiger partial charge on any atom is -0.386 e. The van der Waals surface area contributed by atoms with E-state index in [0.717, 1.165) is 0 Å². The molecule has 0 aromatic carbocycles. The minimum absolute atomic E-state index is 0.0877. The molecular weight excluding hydrogens is 167 g/mol. The molecule has 1 aliphatic heterocycles. The zero-order valence-corrected chi connectivity index (χ0v) is 9.16. The zero-order valence-electron chi connectivity index (χ0n) is 9.16. The van der Waals surface area contributed by atoms with E-state index in [2.05, 4.69) is 13.8 Å². The van der Waals surface area contributed by atoms with E-state index >= 15 is 0 Å². The van der Waals surface area contributed by atoms with Crippen molar-refractivity contribution in [1.29, 1.82) is 0 Å². The molecule has 0 radical (unpaired) electrons. The van der Waals surface area contributed by atoms with Crippen molar-refractivity contribution in [3.05, 3.63) is 0 Å². The number of hydrogen-bond donors (Lipinski definition) is 0. The molecule has 0 saturated carbocycles. The molecule has 0 N–H and O–H groups in total. The molecule has 1 atom stereocenters. The van der Waals surface area contributed by atoms with E-state index in [1.807, 2.05) is 20.8 Å². The summed E-state index contributed by atoms with van der Waals surface area (Å²) in [5.41, 5.74) is -0.234. The molecule has 3 nitrogen and oxygen atoms in total. The van der Waals surface area contributed by atoms with E-state index in [0.29, 0.717) is 12.5 Å². The first kappa shape index (κ1) is 11.0. The van der Waals surface area contributed by atoms with Gasteiger partial charge in [-0.15, -0.1) is 0 Å².